The molecule has 1 rings (SSSR count). The minimum Gasteiger partial charge on any atom is -0.469 e. The van der Waals surface area contributed by atoms with Crippen molar-refractivity contribution in [3.05, 3.63) is 24.2 Å². The highest BCUT2D eigenvalue weighted by molar-refractivity contribution is 4.98. The molecule has 1 aromatic heterocycles. The van der Waals surface area contributed by atoms with Crippen LogP contribution < -0.4 is 5.32 Å². The second-order valence-electron chi connectivity index (χ2n) is 4.06. The molecule has 0 saturated heterocycles. The van der Waals surface area contributed by atoms with E-state index in [4.69, 9.17) is 4.42 Å². The van der Waals surface area contributed by atoms with Crippen LogP contribution in [0.2, 0.25) is 0 Å². The van der Waals surface area contributed by atoms with Gasteiger partial charge in [-0.1, -0.05) is 20.3 Å². The third-order valence-electron chi connectivity index (χ3n) is 2.64. The molecule has 0 aliphatic rings. The van der Waals surface area contributed by atoms with E-state index in [9.17, 15) is 0 Å². The Morgan fingerprint density at radius 3 is 2.73 bits per heavy atom. The average Bonchev–Trinajstić information content (AvgIpc) is 2.75. The lowest BCUT2D eigenvalue weighted by molar-refractivity contribution is 0.423. The Kier molecular flexibility index (Phi) is 6.17. The van der Waals surface area contributed by atoms with Crippen LogP contribution in [0.25, 0.3) is 0 Å². The van der Waals surface area contributed by atoms with E-state index in [1.807, 2.05) is 6.07 Å². The van der Waals surface area contributed by atoms with Crippen LogP contribution >= 0.6 is 0 Å². The topological polar surface area (TPSA) is 25.2 Å². The van der Waals surface area contributed by atoms with Crippen LogP contribution in [0.4, 0.5) is 0 Å². The Balaban J connectivity index is 2.24. The summed E-state index contributed by atoms with van der Waals surface area (Å²) in [4.78, 5) is 0. The maximum Gasteiger partial charge on any atom is 0.103 e. The van der Waals surface area contributed by atoms with Gasteiger partial charge < -0.3 is 9.73 Å². The van der Waals surface area contributed by atoms with E-state index >= 15 is 0 Å². The van der Waals surface area contributed by atoms with Gasteiger partial charge >= 0.3 is 0 Å². The van der Waals surface area contributed by atoms with Crippen molar-refractivity contribution in [1.82, 2.24) is 5.32 Å². The maximum absolute atomic E-state index is 5.34. The lowest BCUT2D eigenvalue weighted by Gasteiger charge is -2.16. The monoisotopic (exact) mass is 209 g/mol. The zero-order valence-electron chi connectivity index (χ0n) is 9.96. The summed E-state index contributed by atoms with van der Waals surface area (Å²) in [5.41, 5.74) is 0. The molecule has 1 N–H and O–H groups in total. The lowest BCUT2D eigenvalue weighted by Crippen LogP contribution is -2.30. The lowest BCUT2D eigenvalue weighted by atomic mass is 10.1. The van der Waals surface area contributed by atoms with Crippen molar-refractivity contribution < 1.29 is 4.42 Å². The molecule has 0 spiro atoms. The molecule has 15 heavy (non-hydrogen) atoms. The Morgan fingerprint density at radius 1 is 1.27 bits per heavy atom. The molecule has 0 saturated carbocycles. The first-order valence-electron chi connectivity index (χ1n) is 6.12. The molecule has 0 aromatic carbocycles. The van der Waals surface area contributed by atoms with E-state index in [-0.39, 0.29) is 0 Å². The van der Waals surface area contributed by atoms with Gasteiger partial charge in [0.05, 0.1) is 6.26 Å². The van der Waals surface area contributed by atoms with Gasteiger partial charge in [-0.05, 0) is 37.9 Å². The highest BCUT2D eigenvalue weighted by Crippen LogP contribution is 2.09. The summed E-state index contributed by atoms with van der Waals surface area (Å²) in [5, 5.41) is 3.59. The van der Waals surface area contributed by atoms with Crippen molar-refractivity contribution in [3.8, 4) is 0 Å². The summed E-state index contributed by atoms with van der Waals surface area (Å²) < 4.78 is 5.34. The molecule has 0 aliphatic heterocycles. The molecule has 0 radical (unpaired) electrons. The van der Waals surface area contributed by atoms with Crippen LogP contribution in [0, 0.1) is 0 Å². The summed E-state index contributed by atoms with van der Waals surface area (Å²) in [7, 11) is 0. The van der Waals surface area contributed by atoms with Crippen LogP contribution in [0.5, 0.6) is 0 Å². The first-order valence-corrected chi connectivity index (χ1v) is 6.12. The van der Waals surface area contributed by atoms with Gasteiger partial charge in [0.1, 0.15) is 5.76 Å². The summed E-state index contributed by atoms with van der Waals surface area (Å²) in [6.07, 6.45) is 7.71. The summed E-state index contributed by atoms with van der Waals surface area (Å²) in [6, 6.07) is 4.67. The maximum atomic E-state index is 5.34. The van der Waals surface area contributed by atoms with Crippen molar-refractivity contribution in [2.45, 2.75) is 52.0 Å². The van der Waals surface area contributed by atoms with Gasteiger partial charge in [-0.25, -0.2) is 0 Å². The fraction of sp³-hybridized carbons (Fsp3) is 0.692. The average molecular weight is 209 g/mol. The Bertz CT molecular complexity index is 231. The summed E-state index contributed by atoms with van der Waals surface area (Å²) >= 11 is 0. The number of hydrogen-bond donors (Lipinski definition) is 1. The smallest absolute Gasteiger partial charge is 0.103 e. The minimum atomic E-state index is 0.653. The van der Waals surface area contributed by atoms with E-state index in [0.29, 0.717) is 6.04 Å². The second kappa shape index (κ2) is 7.52. The van der Waals surface area contributed by atoms with Crippen molar-refractivity contribution in [1.29, 1.82) is 0 Å². The molecule has 0 amide bonds. The largest absolute Gasteiger partial charge is 0.469 e. The molecule has 2 heteroatoms. The highest BCUT2D eigenvalue weighted by atomic mass is 16.3. The molecular formula is C13H23NO. The van der Waals surface area contributed by atoms with Crippen molar-refractivity contribution in [2.24, 2.45) is 0 Å². The van der Waals surface area contributed by atoms with E-state index in [2.05, 4.69) is 25.2 Å². The van der Waals surface area contributed by atoms with E-state index < -0.39 is 0 Å². The standard InChI is InChI=1S/C13H23NO/c1-3-6-12(14-10-4-2)8-9-13-7-5-11-15-13/h5,7,11-12,14H,3-4,6,8-10H2,1-2H3. The molecule has 86 valence electrons. The van der Waals surface area contributed by atoms with Gasteiger partial charge in [0.2, 0.25) is 0 Å². The number of furan rings is 1. The Morgan fingerprint density at radius 2 is 2.13 bits per heavy atom. The molecule has 0 fully saturated rings. The van der Waals surface area contributed by atoms with Gasteiger partial charge in [-0.2, -0.15) is 0 Å². The summed E-state index contributed by atoms with van der Waals surface area (Å²) in [6.45, 7) is 5.58. The van der Waals surface area contributed by atoms with E-state index in [1.54, 1.807) is 6.26 Å². The number of nitrogens with one attached hydrogen (secondary N) is 1. The van der Waals surface area contributed by atoms with Crippen molar-refractivity contribution in [2.75, 3.05) is 6.54 Å². The fourth-order valence-electron chi connectivity index (χ4n) is 1.82. The van der Waals surface area contributed by atoms with Crippen LogP contribution in [-0.2, 0) is 6.42 Å². The van der Waals surface area contributed by atoms with Crippen LogP contribution in [0.1, 0.15) is 45.3 Å². The second-order valence-corrected chi connectivity index (χ2v) is 4.06. The van der Waals surface area contributed by atoms with Crippen molar-refractivity contribution in [3.63, 3.8) is 0 Å². The molecule has 0 aliphatic carbocycles. The molecule has 0 bridgehead atoms. The van der Waals surface area contributed by atoms with E-state index in [1.165, 1.54) is 25.7 Å². The molecule has 1 aromatic rings. The number of hydrogen-bond acceptors (Lipinski definition) is 2. The van der Waals surface area contributed by atoms with Crippen LogP contribution in [-0.4, -0.2) is 12.6 Å². The molecule has 1 atom stereocenters. The zero-order chi connectivity index (χ0) is 10.9. The van der Waals surface area contributed by atoms with Gasteiger partial charge in [-0.15, -0.1) is 0 Å². The highest BCUT2D eigenvalue weighted by Gasteiger charge is 2.07. The van der Waals surface area contributed by atoms with Gasteiger partial charge in [0, 0.05) is 12.5 Å². The van der Waals surface area contributed by atoms with Crippen LogP contribution in [0.15, 0.2) is 22.8 Å². The Hall–Kier alpha value is -0.760. The number of aryl methyl sites for hydroxylation is 1. The molecule has 1 heterocycles. The predicted molar refractivity (Wildman–Crippen MR) is 64.0 cm³/mol. The van der Waals surface area contributed by atoms with Gasteiger partial charge in [-0.3, -0.25) is 0 Å². The van der Waals surface area contributed by atoms with E-state index in [0.717, 1.165) is 18.7 Å². The SMILES string of the molecule is CCCNC(CCC)CCc1ccco1. The fourth-order valence-corrected chi connectivity index (χ4v) is 1.82. The number of rotatable bonds is 8. The first kappa shape index (κ1) is 12.3. The summed E-state index contributed by atoms with van der Waals surface area (Å²) in [5.74, 6) is 1.11. The molecule has 2 nitrogen and oxygen atoms in total. The normalized spacial score (nSPS) is 12.9. The van der Waals surface area contributed by atoms with Gasteiger partial charge in [0.15, 0.2) is 0 Å². The Labute approximate surface area is 93.1 Å². The first-order chi connectivity index (χ1) is 7.36. The zero-order valence-corrected chi connectivity index (χ0v) is 9.96. The third kappa shape index (κ3) is 5.03. The van der Waals surface area contributed by atoms with Crippen molar-refractivity contribution >= 4 is 0 Å². The predicted octanol–water partition coefficient (Wildman–Crippen LogP) is 3.38. The molecular weight excluding hydrogens is 186 g/mol. The quantitative estimate of drug-likeness (QED) is 0.710. The third-order valence-corrected chi connectivity index (χ3v) is 2.64. The minimum absolute atomic E-state index is 0.653. The van der Waals surface area contributed by atoms with Gasteiger partial charge in [0.25, 0.3) is 0 Å². The molecule has 1 unspecified atom stereocenters. The van der Waals surface area contributed by atoms with Crippen LogP contribution in [0.3, 0.4) is 0 Å².